The van der Waals surface area contributed by atoms with Gasteiger partial charge in [-0.25, -0.2) is 0 Å². The zero-order chi connectivity index (χ0) is 17.9. The van der Waals surface area contributed by atoms with Crippen molar-refractivity contribution in [3.63, 3.8) is 0 Å². The van der Waals surface area contributed by atoms with Crippen LogP contribution in [0.1, 0.15) is 57.5 Å². The monoisotopic (exact) mass is 348 g/mol. The molecule has 0 aromatic heterocycles. The Morgan fingerprint density at radius 3 is 2.38 bits per heavy atom. The molecule has 4 rings (SSSR count). The number of rotatable bonds is 3. The Hall–Kier alpha value is -2.62. The minimum absolute atomic E-state index is 0.0485. The molecule has 1 saturated heterocycles. The molecule has 0 saturated carbocycles. The van der Waals surface area contributed by atoms with Crippen LogP contribution >= 0.6 is 0 Å². The van der Waals surface area contributed by atoms with Gasteiger partial charge < -0.3 is 10.2 Å². The molecule has 1 N–H and O–H groups in total. The number of nitrogens with one attached hydrogen (secondary N) is 1. The van der Waals surface area contributed by atoms with Gasteiger partial charge in [0.1, 0.15) is 0 Å². The minimum atomic E-state index is -0.121. The molecule has 2 aromatic rings. The molecule has 1 fully saturated rings. The zero-order valence-electron chi connectivity index (χ0n) is 15.0. The van der Waals surface area contributed by atoms with Gasteiger partial charge in [0, 0.05) is 29.9 Å². The summed E-state index contributed by atoms with van der Waals surface area (Å²) in [5.41, 5.74) is 4.64. The quantitative estimate of drug-likeness (QED) is 0.909. The first-order valence-electron chi connectivity index (χ1n) is 9.53. The van der Waals surface area contributed by atoms with E-state index in [1.807, 2.05) is 35.2 Å². The van der Waals surface area contributed by atoms with Crippen LogP contribution in [0.4, 0.5) is 5.69 Å². The second kappa shape index (κ2) is 7.32. The van der Waals surface area contributed by atoms with Crippen LogP contribution in [-0.4, -0.2) is 29.8 Å². The Morgan fingerprint density at radius 2 is 1.58 bits per heavy atom. The van der Waals surface area contributed by atoms with Crippen molar-refractivity contribution in [1.82, 2.24) is 4.90 Å². The fourth-order valence-electron chi connectivity index (χ4n) is 3.91. The summed E-state index contributed by atoms with van der Waals surface area (Å²) in [6.07, 6.45) is 6.73. The number of likely N-dealkylation sites (tertiary alicyclic amines) is 1. The summed E-state index contributed by atoms with van der Waals surface area (Å²) in [6.45, 7) is 1.65. The number of benzene rings is 2. The summed E-state index contributed by atoms with van der Waals surface area (Å²) in [4.78, 5) is 27.0. The van der Waals surface area contributed by atoms with E-state index in [9.17, 15) is 9.59 Å². The number of hydrogen-bond acceptors (Lipinski definition) is 2. The van der Waals surface area contributed by atoms with Crippen molar-refractivity contribution in [1.29, 1.82) is 0 Å². The van der Waals surface area contributed by atoms with Gasteiger partial charge in [0.2, 0.25) is 0 Å². The fraction of sp³-hybridized carbons (Fsp3) is 0.364. The van der Waals surface area contributed by atoms with Crippen LogP contribution in [0, 0.1) is 0 Å². The third kappa shape index (κ3) is 3.50. The van der Waals surface area contributed by atoms with E-state index in [1.165, 1.54) is 24.0 Å². The fourth-order valence-corrected chi connectivity index (χ4v) is 3.91. The van der Waals surface area contributed by atoms with Crippen molar-refractivity contribution in [3.05, 3.63) is 64.7 Å². The van der Waals surface area contributed by atoms with E-state index in [4.69, 9.17) is 0 Å². The lowest BCUT2D eigenvalue weighted by Crippen LogP contribution is -2.27. The third-order valence-electron chi connectivity index (χ3n) is 5.37. The van der Waals surface area contributed by atoms with E-state index in [1.54, 1.807) is 6.07 Å². The molecule has 2 aromatic carbocycles. The van der Waals surface area contributed by atoms with E-state index in [0.717, 1.165) is 38.8 Å². The summed E-state index contributed by atoms with van der Waals surface area (Å²) in [7, 11) is 0. The van der Waals surface area contributed by atoms with Crippen LogP contribution in [-0.2, 0) is 12.8 Å². The van der Waals surface area contributed by atoms with Crippen molar-refractivity contribution in [2.75, 3.05) is 18.4 Å². The highest BCUT2D eigenvalue weighted by molar-refractivity contribution is 6.05. The summed E-state index contributed by atoms with van der Waals surface area (Å²) in [5, 5.41) is 2.94. The Kier molecular flexibility index (Phi) is 4.74. The molecule has 1 aliphatic heterocycles. The maximum Gasteiger partial charge on any atom is 0.255 e. The average molecular weight is 348 g/mol. The molecule has 26 heavy (non-hydrogen) atoms. The highest BCUT2D eigenvalue weighted by Crippen LogP contribution is 2.23. The van der Waals surface area contributed by atoms with Gasteiger partial charge in [-0.2, -0.15) is 0 Å². The van der Waals surface area contributed by atoms with Crippen LogP contribution in [0.2, 0.25) is 0 Å². The summed E-state index contributed by atoms with van der Waals surface area (Å²) in [5.74, 6) is -0.0727. The normalized spacial score (nSPS) is 16.2. The van der Waals surface area contributed by atoms with Gasteiger partial charge in [-0.1, -0.05) is 12.1 Å². The molecule has 0 radical (unpaired) electrons. The number of fused-ring (bicyclic) bond motifs is 1. The van der Waals surface area contributed by atoms with E-state index in [2.05, 4.69) is 11.4 Å². The molecule has 2 aliphatic rings. The summed E-state index contributed by atoms with van der Waals surface area (Å²) in [6, 6.07) is 13.2. The molecule has 0 atom stereocenters. The first-order valence-corrected chi connectivity index (χ1v) is 9.53. The van der Waals surface area contributed by atoms with Crippen molar-refractivity contribution in [2.24, 2.45) is 0 Å². The van der Waals surface area contributed by atoms with E-state index < -0.39 is 0 Å². The predicted molar refractivity (Wildman–Crippen MR) is 103 cm³/mol. The maximum atomic E-state index is 12.6. The molecule has 134 valence electrons. The molecule has 4 nitrogen and oxygen atoms in total. The number of hydrogen-bond donors (Lipinski definition) is 1. The van der Waals surface area contributed by atoms with Crippen molar-refractivity contribution < 1.29 is 9.59 Å². The number of carbonyl (C=O) groups excluding carboxylic acids is 2. The van der Waals surface area contributed by atoms with Gasteiger partial charge in [-0.05, 0) is 80.0 Å². The topological polar surface area (TPSA) is 49.4 Å². The zero-order valence-corrected chi connectivity index (χ0v) is 15.0. The van der Waals surface area contributed by atoms with E-state index >= 15 is 0 Å². The number of carbonyl (C=O) groups is 2. The second-order valence-corrected chi connectivity index (χ2v) is 7.22. The Morgan fingerprint density at radius 1 is 0.808 bits per heavy atom. The number of aryl methyl sites for hydroxylation is 2. The van der Waals surface area contributed by atoms with E-state index in [-0.39, 0.29) is 11.8 Å². The Balaban J connectivity index is 1.49. The average Bonchev–Trinajstić information content (AvgIpc) is 3.22. The van der Waals surface area contributed by atoms with Crippen molar-refractivity contribution in [3.8, 4) is 0 Å². The van der Waals surface area contributed by atoms with Gasteiger partial charge in [0.25, 0.3) is 11.8 Å². The molecule has 1 heterocycles. The lowest BCUT2D eigenvalue weighted by atomic mass is 9.90. The molecular weight excluding hydrogens is 324 g/mol. The Bertz CT molecular complexity index is 838. The molecule has 0 bridgehead atoms. The second-order valence-electron chi connectivity index (χ2n) is 7.22. The number of amides is 2. The molecule has 4 heteroatoms. The van der Waals surface area contributed by atoms with Crippen molar-refractivity contribution in [2.45, 2.75) is 38.5 Å². The maximum absolute atomic E-state index is 12.6. The highest BCUT2D eigenvalue weighted by atomic mass is 16.2. The highest BCUT2D eigenvalue weighted by Gasteiger charge is 2.20. The summed E-state index contributed by atoms with van der Waals surface area (Å²) >= 11 is 0. The third-order valence-corrected chi connectivity index (χ3v) is 5.37. The van der Waals surface area contributed by atoms with E-state index in [0.29, 0.717) is 16.8 Å². The molecule has 0 unspecified atom stereocenters. The van der Waals surface area contributed by atoms with Crippen LogP contribution in [0.3, 0.4) is 0 Å². The standard InChI is InChI=1S/C22H24N2O2/c25-21(18-11-10-16-6-1-2-7-17(16)14-18)23-20-9-5-8-19(15-20)22(26)24-12-3-4-13-24/h5,8-11,14-15H,1-4,6-7,12-13H2,(H,23,25). The lowest BCUT2D eigenvalue weighted by molar-refractivity contribution is 0.0792. The minimum Gasteiger partial charge on any atom is -0.339 e. The van der Waals surface area contributed by atoms with Crippen LogP contribution < -0.4 is 5.32 Å². The molecule has 2 amide bonds. The van der Waals surface area contributed by atoms with Crippen LogP contribution in [0.25, 0.3) is 0 Å². The molecule has 0 spiro atoms. The van der Waals surface area contributed by atoms with Gasteiger partial charge in [0.05, 0.1) is 0 Å². The number of anilines is 1. The first kappa shape index (κ1) is 16.8. The van der Waals surface area contributed by atoms with Crippen LogP contribution in [0.5, 0.6) is 0 Å². The SMILES string of the molecule is O=C(Nc1cccc(C(=O)N2CCCC2)c1)c1ccc2c(c1)CCCC2. The largest absolute Gasteiger partial charge is 0.339 e. The van der Waals surface area contributed by atoms with Gasteiger partial charge >= 0.3 is 0 Å². The van der Waals surface area contributed by atoms with Crippen molar-refractivity contribution >= 4 is 17.5 Å². The van der Waals surface area contributed by atoms with Gasteiger partial charge in [-0.15, -0.1) is 0 Å². The smallest absolute Gasteiger partial charge is 0.255 e. The molecular formula is C22H24N2O2. The molecule has 1 aliphatic carbocycles. The number of nitrogens with zero attached hydrogens (tertiary/aromatic N) is 1. The lowest BCUT2D eigenvalue weighted by Gasteiger charge is -2.17. The summed E-state index contributed by atoms with van der Waals surface area (Å²) < 4.78 is 0. The predicted octanol–water partition coefficient (Wildman–Crippen LogP) is 4.05. The van der Waals surface area contributed by atoms with Crippen LogP contribution in [0.15, 0.2) is 42.5 Å². The van der Waals surface area contributed by atoms with Gasteiger partial charge in [0.15, 0.2) is 0 Å². The Labute approximate surface area is 154 Å². The van der Waals surface area contributed by atoms with Gasteiger partial charge in [-0.3, -0.25) is 9.59 Å². The first-order chi connectivity index (χ1) is 12.7.